The summed E-state index contributed by atoms with van der Waals surface area (Å²) in [5, 5.41) is 5.82. The summed E-state index contributed by atoms with van der Waals surface area (Å²) in [6.45, 7) is 3.33. The molecule has 1 atom stereocenters. The van der Waals surface area contributed by atoms with Crippen molar-refractivity contribution in [3.05, 3.63) is 46.4 Å². The molecule has 0 saturated carbocycles. The van der Waals surface area contributed by atoms with Gasteiger partial charge in [-0.25, -0.2) is 4.68 Å². The number of nitrogens with one attached hydrogen (secondary N) is 2. The molecule has 1 saturated heterocycles. The summed E-state index contributed by atoms with van der Waals surface area (Å²) in [7, 11) is 1.79. The first-order valence-corrected chi connectivity index (χ1v) is 7.55. The van der Waals surface area contributed by atoms with Crippen molar-refractivity contribution in [3.8, 4) is 5.69 Å². The number of aromatic nitrogens is 2. The minimum absolute atomic E-state index is 0.249. The lowest BCUT2D eigenvalue weighted by Gasteiger charge is -2.22. The van der Waals surface area contributed by atoms with Crippen LogP contribution >= 0.6 is 0 Å². The van der Waals surface area contributed by atoms with Gasteiger partial charge in [0.2, 0.25) is 5.91 Å². The first-order chi connectivity index (χ1) is 11.1. The lowest BCUT2D eigenvalue weighted by molar-refractivity contribution is -0.120. The second-order valence-corrected chi connectivity index (χ2v) is 5.51. The quantitative estimate of drug-likeness (QED) is 0.860. The van der Waals surface area contributed by atoms with Crippen molar-refractivity contribution < 1.29 is 9.53 Å². The van der Waals surface area contributed by atoms with E-state index < -0.39 is 6.04 Å². The second-order valence-electron chi connectivity index (χ2n) is 5.51. The van der Waals surface area contributed by atoms with Crippen LogP contribution in [0.25, 0.3) is 5.69 Å². The van der Waals surface area contributed by atoms with Crippen LogP contribution in [0.2, 0.25) is 0 Å². The Morgan fingerprint density at radius 3 is 2.74 bits per heavy atom. The van der Waals surface area contributed by atoms with Gasteiger partial charge in [-0.3, -0.25) is 14.3 Å². The maximum atomic E-state index is 12.7. The van der Waals surface area contributed by atoms with Crippen molar-refractivity contribution in [1.82, 2.24) is 14.7 Å². The fourth-order valence-corrected chi connectivity index (χ4v) is 2.66. The number of hydrogen-bond donors (Lipinski definition) is 2. The number of ether oxygens (including phenoxy) is 1. The summed E-state index contributed by atoms with van der Waals surface area (Å²) in [6, 6.07) is 8.89. The number of carbonyl (C=O) groups is 1. The van der Waals surface area contributed by atoms with Crippen LogP contribution in [-0.2, 0) is 16.6 Å². The minimum atomic E-state index is -0.437. The standard InChI is InChI=1S/C16H20N4O3/c1-11-14(18-15(21)13-10-23-9-8-17-13)16(22)20(19(11)2)12-6-4-3-5-7-12/h3-7,13,17H,8-10H2,1-2H3,(H,18,21). The van der Waals surface area contributed by atoms with Gasteiger partial charge < -0.3 is 15.4 Å². The SMILES string of the molecule is Cc1c(NC(=O)C2COCCN2)c(=O)n(-c2ccccc2)n1C. The van der Waals surface area contributed by atoms with E-state index in [0.29, 0.717) is 31.1 Å². The molecular weight excluding hydrogens is 296 g/mol. The highest BCUT2D eigenvalue weighted by molar-refractivity contribution is 5.95. The Bertz CT molecular complexity index is 758. The van der Waals surface area contributed by atoms with E-state index in [9.17, 15) is 9.59 Å². The van der Waals surface area contributed by atoms with Crippen molar-refractivity contribution in [3.63, 3.8) is 0 Å². The molecule has 1 aromatic carbocycles. The zero-order valence-corrected chi connectivity index (χ0v) is 13.2. The van der Waals surface area contributed by atoms with Crippen LogP contribution in [0.4, 0.5) is 5.69 Å². The Hall–Kier alpha value is -2.38. The van der Waals surface area contributed by atoms with Crippen molar-refractivity contribution >= 4 is 11.6 Å². The molecule has 1 aliphatic heterocycles. The van der Waals surface area contributed by atoms with Gasteiger partial charge in [0.15, 0.2) is 0 Å². The van der Waals surface area contributed by atoms with Crippen molar-refractivity contribution in [2.45, 2.75) is 13.0 Å². The van der Waals surface area contributed by atoms with E-state index >= 15 is 0 Å². The highest BCUT2D eigenvalue weighted by atomic mass is 16.5. The first-order valence-electron chi connectivity index (χ1n) is 7.55. The molecular formula is C16H20N4O3. The van der Waals surface area contributed by atoms with Gasteiger partial charge in [0.05, 0.1) is 24.6 Å². The van der Waals surface area contributed by atoms with E-state index in [1.807, 2.05) is 30.3 Å². The molecule has 0 aliphatic carbocycles. The van der Waals surface area contributed by atoms with Crippen molar-refractivity contribution in [1.29, 1.82) is 0 Å². The number of anilines is 1. The van der Waals surface area contributed by atoms with Crippen LogP contribution in [-0.4, -0.2) is 41.1 Å². The topological polar surface area (TPSA) is 77.3 Å². The highest BCUT2D eigenvalue weighted by Gasteiger charge is 2.24. The lowest BCUT2D eigenvalue weighted by atomic mass is 10.2. The number of morpholine rings is 1. The van der Waals surface area contributed by atoms with Crippen LogP contribution < -0.4 is 16.2 Å². The molecule has 1 amide bonds. The molecule has 3 rings (SSSR count). The van der Waals surface area contributed by atoms with Crippen LogP contribution in [0.1, 0.15) is 5.69 Å². The Kier molecular flexibility index (Phi) is 4.31. The molecule has 2 aromatic rings. The fraction of sp³-hybridized carbons (Fsp3) is 0.375. The fourth-order valence-electron chi connectivity index (χ4n) is 2.66. The summed E-state index contributed by atoms with van der Waals surface area (Å²) >= 11 is 0. The van der Waals surface area contributed by atoms with Gasteiger partial charge in [0.25, 0.3) is 5.56 Å². The van der Waals surface area contributed by atoms with E-state index in [4.69, 9.17) is 4.74 Å². The van der Waals surface area contributed by atoms with Crippen molar-refractivity contribution in [2.75, 3.05) is 25.1 Å². The van der Waals surface area contributed by atoms with Gasteiger partial charge in [-0.15, -0.1) is 0 Å². The minimum Gasteiger partial charge on any atom is -0.378 e. The van der Waals surface area contributed by atoms with Gasteiger partial charge in [-0.05, 0) is 19.1 Å². The Morgan fingerprint density at radius 2 is 2.09 bits per heavy atom. The smallest absolute Gasteiger partial charge is 0.295 e. The highest BCUT2D eigenvalue weighted by Crippen LogP contribution is 2.14. The monoisotopic (exact) mass is 316 g/mol. The zero-order valence-electron chi connectivity index (χ0n) is 13.2. The van der Waals surface area contributed by atoms with E-state index in [2.05, 4.69) is 10.6 Å². The molecule has 2 heterocycles. The summed E-state index contributed by atoms with van der Waals surface area (Å²) in [4.78, 5) is 25.0. The molecule has 23 heavy (non-hydrogen) atoms. The third-order valence-corrected chi connectivity index (χ3v) is 4.04. The maximum absolute atomic E-state index is 12.7. The Morgan fingerprint density at radius 1 is 1.35 bits per heavy atom. The number of amides is 1. The van der Waals surface area contributed by atoms with E-state index in [1.54, 1.807) is 18.7 Å². The van der Waals surface area contributed by atoms with Gasteiger partial charge in [0.1, 0.15) is 11.7 Å². The average molecular weight is 316 g/mol. The molecule has 0 spiro atoms. The summed E-state index contributed by atoms with van der Waals surface area (Å²) < 4.78 is 8.56. The second kappa shape index (κ2) is 6.39. The van der Waals surface area contributed by atoms with Gasteiger partial charge in [-0.2, -0.15) is 0 Å². The van der Waals surface area contributed by atoms with E-state index in [1.165, 1.54) is 4.68 Å². The van der Waals surface area contributed by atoms with Crippen LogP contribution in [0, 0.1) is 6.92 Å². The molecule has 2 N–H and O–H groups in total. The van der Waals surface area contributed by atoms with E-state index in [0.717, 1.165) is 5.69 Å². The molecule has 1 fully saturated rings. The number of nitrogens with zero attached hydrogens (tertiary/aromatic N) is 2. The summed E-state index contributed by atoms with van der Waals surface area (Å²) in [5.74, 6) is -0.254. The van der Waals surface area contributed by atoms with E-state index in [-0.39, 0.29) is 11.5 Å². The molecule has 7 nitrogen and oxygen atoms in total. The average Bonchev–Trinajstić information content (AvgIpc) is 2.80. The molecule has 1 unspecified atom stereocenters. The maximum Gasteiger partial charge on any atom is 0.295 e. The number of hydrogen-bond acceptors (Lipinski definition) is 4. The molecule has 1 aromatic heterocycles. The Balaban J connectivity index is 1.92. The first kappa shape index (κ1) is 15.5. The van der Waals surface area contributed by atoms with Gasteiger partial charge >= 0.3 is 0 Å². The number of para-hydroxylation sites is 1. The van der Waals surface area contributed by atoms with Crippen molar-refractivity contribution in [2.24, 2.45) is 7.05 Å². The molecule has 0 radical (unpaired) electrons. The molecule has 122 valence electrons. The molecule has 1 aliphatic rings. The zero-order chi connectivity index (χ0) is 16.4. The molecule has 7 heteroatoms. The third-order valence-electron chi connectivity index (χ3n) is 4.04. The predicted octanol–water partition coefficient (Wildman–Crippen LogP) is 0.411. The summed E-state index contributed by atoms with van der Waals surface area (Å²) in [5.41, 5.74) is 1.50. The lowest BCUT2D eigenvalue weighted by Crippen LogP contribution is -2.49. The van der Waals surface area contributed by atoms with Gasteiger partial charge in [-0.1, -0.05) is 18.2 Å². The third kappa shape index (κ3) is 2.93. The Labute approximate surface area is 133 Å². The van der Waals surface area contributed by atoms with Crippen LogP contribution in [0.3, 0.4) is 0 Å². The normalized spacial score (nSPS) is 17.9. The number of rotatable bonds is 3. The van der Waals surface area contributed by atoms with Gasteiger partial charge in [0, 0.05) is 13.6 Å². The molecule has 0 bridgehead atoms. The number of benzene rings is 1. The predicted molar refractivity (Wildman–Crippen MR) is 87.0 cm³/mol. The number of carbonyl (C=O) groups excluding carboxylic acids is 1. The van der Waals surface area contributed by atoms with Crippen LogP contribution in [0.15, 0.2) is 35.1 Å². The largest absolute Gasteiger partial charge is 0.378 e. The summed E-state index contributed by atoms with van der Waals surface area (Å²) in [6.07, 6.45) is 0. The van der Waals surface area contributed by atoms with Crippen LogP contribution in [0.5, 0.6) is 0 Å².